The fourth-order valence-corrected chi connectivity index (χ4v) is 1.03. The monoisotopic (exact) mass is 213 g/mol. The Bertz CT molecular complexity index is 273. The first kappa shape index (κ1) is 8.43. The molecule has 0 aromatic carbocycles. The van der Waals surface area contributed by atoms with Gasteiger partial charge in [0.15, 0.2) is 0 Å². The zero-order valence-electron chi connectivity index (χ0n) is 5.92. The highest BCUT2D eigenvalue weighted by molar-refractivity contribution is 9.10. The molecule has 0 aliphatic heterocycles. The summed E-state index contributed by atoms with van der Waals surface area (Å²) in [7, 11) is 0. The Hall–Kier alpha value is -0.670. The molecule has 0 amide bonds. The van der Waals surface area contributed by atoms with Crippen LogP contribution in [0.15, 0.2) is 29.4 Å². The second-order valence-electron chi connectivity index (χ2n) is 2.11. The Balaban J connectivity index is 2.96. The Labute approximate surface area is 73.7 Å². The Morgan fingerprint density at radius 2 is 2.36 bits per heavy atom. The molecule has 1 aromatic heterocycles. The van der Waals surface area contributed by atoms with Gasteiger partial charge in [-0.25, -0.2) is 4.98 Å². The third kappa shape index (κ3) is 2.13. The number of halogens is 1. The van der Waals surface area contributed by atoms with Crippen molar-refractivity contribution in [3.05, 3.63) is 35.1 Å². The van der Waals surface area contributed by atoms with E-state index < -0.39 is 0 Å². The molecule has 0 saturated carbocycles. The minimum absolute atomic E-state index is 0.0521. The lowest BCUT2D eigenvalue weighted by Gasteiger charge is -1.99. The average Bonchev–Trinajstić information content (AvgIpc) is 2.03. The second kappa shape index (κ2) is 3.64. The highest BCUT2D eigenvalue weighted by Gasteiger charge is 1.97. The molecule has 0 spiro atoms. The molecule has 58 valence electrons. The molecular weight excluding hydrogens is 206 g/mol. The van der Waals surface area contributed by atoms with Crippen molar-refractivity contribution in [2.24, 2.45) is 0 Å². The maximum absolute atomic E-state index is 8.72. The van der Waals surface area contributed by atoms with Gasteiger partial charge in [0, 0.05) is 0 Å². The Morgan fingerprint density at radius 3 is 2.91 bits per heavy atom. The first-order chi connectivity index (χ1) is 5.24. The second-order valence-corrected chi connectivity index (χ2v) is 2.92. The molecule has 2 nitrogen and oxygen atoms in total. The van der Waals surface area contributed by atoms with E-state index in [1.165, 1.54) is 0 Å². The van der Waals surface area contributed by atoms with E-state index in [2.05, 4.69) is 27.5 Å². The summed E-state index contributed by atoms with van der Waals surface area (Å²) in [5.41, 5.74) is 1.35. The number of aliphatic hydroxyl groups is 1. The number of rotatable bonds is 2. The van der Waals surface area contributed by atoms with E-state index in [0.717, 1.165) is 10.3 Å². The van der Waals surface area contributed by atoms with E-state index in [0.29, 0.717) is 5.57 Å². The third-order valence-electron chi connectivity index (χ3n) is 1.27. The van der Waals surface area contributed by atoms with Gasteiger partial charge in [0.1, 0.15) is 4.60 Å². The first-order valence-corrected chi connectivity index (χ1v) is 3.95. The number of pyridine rings is 1. The normalized spacial score (nSPS) is 9.64. The number of aromatic nitrogens is 1. The van der Waals surface area contributed by atoms with E-state index in [9.17, 15) is 0 Å². The maximum Gasteiger partial charge on any atom is 0.106 e. The zero-order valence-corrected chi connectivity index (χ0v) is 7.50. The van der Waals surface area contributed by atoms with Crippen molar-refractivity contribution in [1.29, 1.82) is 0 Å². The van der Waals surface area contributed by atoms with Gasteiger partial charge in [-0.05, 0) is 33.6 Å². The minimum atomic E-state index is -0.0521. The van der Waals surface area contributed by atoms with Crippen LogP contribution < -0.4 is 0 Å². The topological polar surface area (TPSA) is 33.1 Å². The van der Waals surface area contributed by atoms with Crippen LogP contribution in [0, 0.1) is 0 Å². The summed E-state index contributed by atoms with van der Waals surface area (Å²) in [5, 5.41) is 8.72. The molecule has 1 aromatic rings. The standard InChI is InChI=1S/C8H8BrNO/c1-6(5-11)7-3-2-4-8(9)10-7/h2-4,11H,1,5H2. The lowest BCUT2D eigenvalue weighted by atomic mass is 10.2. The first-order valence-electron chi connectivity index (χ1n) is 3.15. The summed E-state index contributed by atoms with van der Waals surface area (Å²) in [5.74, 6) is 0. The lowest BCUT2D eigenvalue weighted by Crippen LogP contribution is -1.91. The van der Waals surface area contributed by atoms with E-state index >= 15 is 0 Å². The quantitative estimate of drug-likeness (QED) is 0.762. The summed E-state index contributed by atoms with van der Waals surface area (Å²) < 4.78 is 0.754. The number of nitrogens with zero attached hydrogens (tertiary/aromatic N) is 1. The molecule has 0 bridgehead atoms. The van der Waals surface area contributed by atoms with Gasteiger partial charge in [0.05, 0.1) is 12.3 Å². The largest absolute Gasteiger partial charge is 0.392 e. The van der Waals surface area contributed by atoms with Gasteiger partial charge in [-0.3, -0.25) is 0 Å². The van der Waals surface area contributed by atoms with Gasteiger partial charge in [-0.15, -0.1) is 0 Å². The van der Waals surface area contributed by atoms with Crippen LogP contribution in [0.3, 0.4) is 0 Å². The van der Waals surface area contributed by atoms with Crippen LogP contribution in [-0.2, 0) is 0 Å². The van der Waals surface area contributed by atoms with E-state index in [-0.39, 0.29) is 6.61 Å². The smallest absolute Gasteiger partial charge is 0.106 e. The highest BCUT2D eigenvalue weighted by atomic mass is 79.9. The summed E-state index contributed by atoms with van der Waals surface area (Å²) in [4.78, 5) is 4.10. The van der Waals surface area contributed by atoms with Crippen molar-refractivity contribution in [2.75, 3.05) is 6.61 Å². The van der Waals surface area contributed by atoms with Crippen molar-refractivity contribution < 1.29 is 5.11 Å². The molecule has 1 N–H and O–H groups in total. The van der Waals surface area contributed by atoms with Gasteiger partial charge in [0.2, 0.25) is 0 Å². The van der Waals surface area contributed by atoms with Crippen LogP contribution >= 0.6 is 15.9 Å². The van der Waals surface area contributed by atoms with Crippen molar-refractivity contribution in [3.63, 3.8) is 0 Å². The van der Waals surface area contributed by atoms with Crippen LogP contribution in [0.5, 0.6) is 0 Å². The van der Waals surface area contributed by atoms with Gasteiger partial charge in [-0.2, -0.15) is 0 Å². The fourth-order valence-electron chi connectivity index (χ4n) is 0.686. The van der Waals surface area contributed by atoms with Gasteiger partial charge < -0.3 is 5.11 Å². The predicted octanol–water partition coefficient (Wildman–Crippen LogP) is 1.85. The molecule has 0 saturated heterocycles. The molecule has 0 aliphatic carbocycles. The number of hydrogen-bond donors (Lipinski definition) is 1. The van der Waals surface area contributed by atoms with Crippen LogP contribution in [-0.4, -0.2) is 16.7 Å². The number of aliphatic hydroxyl groups excluding tert-OH is 1. The van der Waals surface area contributed by atoms with Gasteiger partial charge in [-0.1, -0.05) is 12.6 Å². The molecule has 11 heavy (non-hydrogen) atoms. The fraction of sp³-hybridized carbons (Fsp3) is 0.125. The van der Waals surface area contributed by atoms with E-state index in [1.807, 2.05) is 18.2 Å². The predicted molar refractivity (Wildman–Crippen MR) is 48.1 cm³/mol. The number of hydrogen-bond acceptors (Lipinski definition) is 2. The SMILES string of the molecule is C=C(CO)c1cccc(Br)n1. The molecule has 1 rings (SSSR count). The van der Waals surface area contributed by atoms with Crippen molar-refractivity contribution >= 4 is 21.5 Å². The Kier molecular flexibility index (Phi) is 2.79. The molecule has 0 radical (unpaired) electrons. The highest BCUT2D eigenvalue weighted by Crippen LogP contribution is 2.12. The van der Waals surface area contributed by atoms with Gasteiger partial charge >= 0.3 is 0 Å². The van der Waals surface area contributed by atoms with Crippen LogP contribution in [0.4, 0.5) is 0 Å². The Morgan fingerprint density at radius 1 is 1.64 bits per heavy atom. The molecule has 0 atom stereocenters. The molecule has 0 unspecified atom stereocenters. The summed E-state index contributed by atoms with van der Waals surface area (Å²) in [6.45, 7) is 3.60. The molecular formula is C8H8BrNO. The van der Waals surface area contributed by atoms with Crippen LogP contribution in [0.25, 0.3) is 5.57 Å². The molecule has 0 aliphatic rings. The summed E-state index contributed by atoms with van der Waals surface area (Å²) >= 11 is 3.23. The summed E-state index contributed by atoms with van der Waals surface area (Å²) in [6.07, 6.45) is 0. The van der Waals surface area contributed by atoms with Crippen LogP contribution in [0.1, 0.15) is 5.69 Å². The lowest BCUT2D eigenvalue weighted by molar-refractivity contribution is 0.350. The molecule has 3 heteroatoms. The third-order valence-corrected chi connectivity index (χ3v) is 1.71. The van der Waals surface area contributed by atoms with Crippen LogP contribution in [0.2, 0.25) is 0 Å². The zero-order chi connectivity index (χ0) is 8.27. The van der Waals surface area contributed by atoms with E-state index in [4.69, 9.17) is 5.11 Å². The van der Waals surface area contributed by atoms with E-state index in [1.54, 1.807) is 0 Å². The molecule has 1 heterocycles. The minimum Gasteiger partial charge on any atom is -0.392 e. The van der Waals surface area contributed by atoms with Crippen molar-refractivity contribution in [2.45, 2.75) is 0 Å². The molecule has 0 fully saturated rings. The maximum atomic E-state index is 8.72. The van der Waals surface area contributed by atoms with Crippen molar-refractivity contribution in [1.82, 2.24) is 4.98 Å². The van der Waals surface area contributed by atoms with Gasteiger partial charge in [0.25, 0.3) is 0 Å². The summed E-state index contributed by atoms with van der Waals surface area (Å²) in [6, 6.07) is 5.49. The van der Waals surface area contributed by atoms with Crippen molar-refractivity contribution in [3.8, 4) is 0 Å². The average molecular weight is 214 g/mol.